The van der Waals surface area contributed by atoms with Gasteiger partial charge < -0.3 is 25.7 Å². The number of nitrogen functional groups attached to an aromatic ring is 2. The van der Waals surface area contributed by atoms with Gasteiger partial charge in [-0.2, -0.15) is 0 Å². The van der Waals surface area contributed by atoms with Gasteiger partial charge in [-0.25, -0.2) is 4.79 Å². The van der Waals surface area contributed by atoms with Crippen LogP contribution in [0, 0.1) is 0 Å². The van der Waals surface area contributed by atoms with Gasteiger partial charge in [0, 0.05) is 11.3 Å². The van der Waals surface area contributed by atoms with E-state index in [9.17, 15) is 4.79 Å². The maximum Gasteiger partial charge on any atom is 0.338 e. The molecule has 6 heteroatoms. The second-order valence-electron chi connectivity index (χ2n) is 5.84. The first-order valence-electron chi connectivity index (χ1n) is 8.34. The Morgan fingerprint density at radius 3 is 2.19 bits per heavy atom. The summed E-state index contributed by atoms with van der Waals surface area (Å²) in [6.45, 7) is 6.25. The van der Waals surface area contributed by atoms with Crippen LogP contribution in [0.3, 0.4) is 0 Å². The van der Waals surface area contributed by atoms with Gasteiger partial charge in [-0.1, -0.05) is 6.58 Å². The van der Waals surface area contributed by atoms with E-state index in [-0.39, 0.29) is 0 Å². The number of ether oxygens (including phenoxy) is 3. The predicted octanol–water partition coefficient (Wildman–Crippen LogP) is 3.57. The second-order valence-corrected chi connectivity index (χ2v) is 5.84. The lowest BCUT2D eigenvalue weighted by Crippen LogP contribution is -2.08. The fourth-order valence-electron chi connectivity index (χ4n) is 2.07. The van der Waals surface area contributed by atoms with Gasteiger partial charge in [0.25, 0.3) is 0 Å². The molecule has 6 nitrogen and oxygen atoms in total. The van der Waals surface area contributed by atoms with Crippen LogP contribution in [0.25, 0.3) is 0 Å². The van der Waals surface area contributed by atoms with Crippen molar-refractivity contribution in [1.29, 1.82) is 0 Å². The Balaban J connectivity index is 1.65. The Hall–Kier alpha value is -3.15. The SMILES string of the molecule is C=C(C)C(=O)Oc1ccc(OCCCCOc2ccc(N)cc2N)cc1. The van der Waals surface area contributed by atoms with E-state index in [2.05, 4.69) is 6.58 Å². The molecular formula is C20H24N2O4. The van der Waals surface area contributed by atoms with E-state index in [1.54, 1.807) is 49.4 Å². The average molecular weight is 356 g/mol. The third-order valence-corrected chi connectivity index (χ3v) is 3.48. The van der Waals surface area contributed by atoms with E-state index in [1.807, 2.05) is 0 Å². The van der Waals surface area contributed by atoms with Crippen molar-refractivity contribution in [2.45, 2.75) is 19.8 Å². The molecule has 2 aromatic rings. The van der Waals surface area contributed by atoms with Crippen molar-refractivity contribution in [1.82, 2.24) is 0 Å². The van der Waals surface area contributed by atoms with Crippen LogP contribution in [0.1, 0.15) is 19.8 Å². The van der Waals surface area contributed by atoms with Gasteiger partial charge in [0.2, 0.25) is 0 Å². The number of carbonyl (C=O) groups is 1. The van der Waals surface area contributed by atoms with E-state index in [0.29, 0.717) is 47.4 Å². The summed E-state index contributed by atoms with van der Waals surface area (Å²) in [5.74, 6) is 1.36. The summed E-state index contributed by atoms with van der Waals surface area (Å²) in [4.78, 5) is 11.4. The molecular weight excluding hydrogens is 332 g/mol. The lowest BCUT2D eigenvalue weighted by Gasteiger charge is -2.10. The number of benzene rings is 2. The van der Waals surface area contributed by atoms with Gasteiger partial charge in [-0.05, 0) is 62.2 Å². The lowest BCUT2D eigenvalue weighted by atomic mass is 10.2. The molecule has 0 atom stereocenters. The maximum atomic E-state index is 11.4. The molecule has 0 amide bonds. The average Bonchev–Trinajstić information content (AvgIpc) is 2.60. The fraction of sp³-hybridized carbons (Fsp3) is 0.250. The van der Waals surface area contributed by atoms with Crippen molar-refractivity contribution in [3.8, 4) is 17.2 Å². The molecule has 0 heterocycles. The molecule has 0 bridgehead atoms. The molecule has 0 aromatic heterocycles. The summed E-state index contributed by atoms with van der Waals surface area (Å²) in [7, 11) is 0. The molecule has 0 aliphatic rings. The summed E-state index contributed by atoms with van der Waals surface area (Å²) >= 11 is 0. The highest BCUT2D eigenvalue weighted by Crippen LogP contribution is 2.23. The first kappa shape index (κ1) is 19.2. The Morgan fingerprint density at radius 2 is 1.58 bits per heavy atom. The van der Waals surface area contributed by atoms with Crippen LogP contribution in [-0.4, -0.2) is 19.2 Å². The summed E-state index contributed by atoms with van der Waals surface area (Å²) in [5.41, 5.74) is 13.0. The largest absolute Gasteiger partial charge is 0.494 e. The molecule has 0 radical (unpaired) electrons. The van der Waals surface area contributed by atoms with Crippen LogP contribution in [-0.2, 0) is 4.79 Å². The second kappa shape index (κ2) is 9.36. The predicted molar refractivity (Wildman–Crippen MR) is 102 cm³/mol. The van der Waals surface area contributed by atoms with E-state index in [0.717, 1.165) is 12.8 Å². The number of rotatable bonds is 9. The molecule has 0 fully saturated rings. The first-order chi connectivity index (χ1) is 12.5. The standard InChI is InChI=1S/C20H24N2O4/c1-14(2)20(23)26-17-8-6-16(7-9-17)24-11-3-4-12-25-19-10-5-15(21)13-18(19)22/h5-10,13H,1,3-4,11-12,21-22H2,2H3. The van der Waals surface area contributed by atoms with Crippen LogP contribution in [0.2, 0.25) is 0 Å². The van der Waals surface area contributed by atoms with E-state index < -0.39 is 5.97 Å². The monoisotopic (exact) mass is 356 g/mol. The zero-order valence-electron chi connectivity index (χ0n) is 14.9. The van der Waals surface area contributed by atoms with Gasteiger partial charge in [-0.3, -0.25) is 0 Å². The van der Waals surface area contributed by atoms with Gasteiger partial charge in [-0.15, -0.1) is 0 Å². The molecule has 0 unspecified atom stereocenters. The highest BCUT2D eigenvalue weighted by atomic mass is 16.5. The van der Waals surface area contributed by atoms with Crippen LogP contribution < -0.4 is 25.7 Å². The minimum absolute atomic E-state index is 0.355. The van der Waals surface area contributed by atoms with Crippen LogP contribution in [0.5, 0.6) is 17.2 Å². The number of hydrogen-bond donors (Lipinski definition) is 2. The molecule has 0 aliphatic heterocycles. The molecule has 2 aromatic carbocycles. The minimum Gasteiger partial charge on any atom is -0.494 e. The highest BCUT2D eigenvalue weighted by molar-refractivity contribution is 5.88. The van der Waals surface area contributed by atoms with Crippen molar-refractivity contribution < 1.29 is 19.0 Å². The van der Waals surface area contributed by atoms with Crippen molar-refractivity contribution >= 4 is 17.3 Å². The van der Waals surface area contributed by atoms with Crippen LogP contribution in [0.15, 0.2) is 54.6 Å². The first-order valence-corrected chi connectivity index (χ1v) is 8.34. The van der Waals surface area contributed by atoms with Gasteiger partial charge in [0.1, 0.15) is 17.2 Å². The van der Waals surface area contributed by atoms with Gasteiger partial charge >= 0.3 is 5.97 Å². The Bertz CT molecular complexity index is 757. The molecule has 4 N–H and O–H groups in total. The number of carbonyl (C=O) groups excluding carboxylic acids is 1. The van der Waals surface area contributed by atoms with Gasteiger partial charge in [0.05, 0.1) is 18.9 Å². The molecule has 138 valence electrons. The van der Waals surface area contributed by atoms with E-state index in [1.165, 1.54) is 0 Å². The highest BCUT2D eigenvalue weighted by Gasteiger charge is 2.05. The molecule has 0 aliphatic carbocycles. The smallest absolute Gasteiger partial charge is 0.338 e. The van der Waals surface area contributed by atoms with Crippen molar-refractivity contribution in [3.63, 3.8) is 0 Å². The van der Waals surface area contributed by atoms with Gasteiger partial charge in [0.15, 0.2) is 0 Å². The van der Waals surface area contributed by atoms with Crippen molar-refractivity contribution in [2.75, 3.05) is 24.7 Å². The Labute approximate surface area is 153 Å². The summed E-state index contributed by atoms with van der Waals surface area (Å²) in [6, 6.07) is 12.1. The molecule has 26 heavy (non-hydrogen) atoms. The van der Waals surface area contributed by atoms with Crippen LogP contribution >= 0.6 is 0 Å². The molecule has 0 spiro atoms. The van der Waals surface area contributed by atoms with Crippen LogP contribution in [0.4, 0.5) is 11.4 Å². The topological polar surface area (TPSA) is 96.8 Å². The minimum atomic E-state index is -0.444. The fourth-order valence-corrected chi connectivity index (χ4v) is 2.07. The number of hydrogen-bond acceptors (Lipinski definition) is 6. The third-order valence-electron chi connectivity index (χ3n) is 3.48. The van der Waals surface area contributed by atoms with E-state index in [4.69, 9.17) is 25.7 Å². The zero-order valence-corrected chi connectivity index (χ0v) is 14.9. The van der Waals surface area contributed by atoms with Crippen molar-refractivity contribution in [3.05, 3.63) is 54.6 Å². The number of unbranched alkanes of at least 4 members (excludes halogenated alkanes) is 1. The molecule has 2 rings (SSSR count). The van der Waals surface area contributed by atoms with E-state index >= 15 is 0 Å². The molecule has 0 saturated carbocycles. The maximum absolute atomic E-state index is 11.4. The summed E-state index contributed by atoms with van der Waals surface area (Å²) < 4.78 is 16.4. The summed E-state index contributed by atoms with van der Waals surface area (Å²) in [5, 5.41) is 0. The Kier molecular flexibility index (Phi) is 6.91. The number of anilines is 2. The number of esters is 1. The van der Waals surface area contributed by atoms with Crippen molar-refractivity contribution in [2.24, 2.45) is 0 Å². The number of nitrogens with two attached hydrogens (primary N) is 2. The normalized spacial score (nSPS) is 10.2. The summed E-state index contributed by atoms with van der Waals surface area (Å²) in [6.07, 6.45) is 1.67. The molecule has 0 saturated heterocycles. The lowest BCUT2D eigenvalue weighted by molar-refractivity contribution is -0.130. The quantitative estimate of drug-likeness (QED) is 0.234. The third kappa shape index (κ3) is 6.05. The Morgan fingerprint density at radius 1 is 0.962 bits per heavy atom. The zero-order chi connectivity index (χ0) is 18.9.